The maximum atomic E-state index is 11.4. The molecule has 0 unspecified atom stereocenters. The molecule has 0 aliphatic rings. The maximum Gasteiger partial charge on any atom is 0.127 e. The standard InChI is InChI=1S/C46H30N4O2/c51-44-26-25-43(50-41-21-7-3-14-33(41)34-15-4-8-22-42(34)50)36-16-10-18-38(46(36)44)47-28-29-11-9-17-37(48-29)35-24-23-30(27-45(35)52)49-39-19-5-1-12-31(39)32-13-2-6-20-40(32)49/h1-28,51-52H. The van der Waals surface area contributed by atoms with Crippen molar-refractivity contribution in [3.63, 3.8) is 0 Å². The molecule has 0 radical (unpaired) electrons. The van der Waals surface area contributed by atoms with Crippen molar-refractivity contribution in [2.24, 2.45) is 4.99 Å². The van der Waals surface area contributed by atoms with E-state index in [-0.39, 0.29) is 11.5 Å². The number of nitrogens with zero attached hydrogens (tertiary/aromatic N) is 4. The zero-order chi connectivity index (χ0) is 34.8. The van der Waals surface area contributed by atoms with E-state index in [2.05, 4.69) is 94.1 Å². The van der Waals surface area contributed by atoms with Crippen LogP contribution in [-0.2, 0) is 0 Å². The van der Waals surface area contributed by atoms with Gasteiger partial charge >= 0.3 is 0 Å². The predicted molar refractivity (Wildman–Crippen MR) is 213 cm³/mol. The molecule has 0 atom stereocenters. The van der Waals surface area contributed by atoms with Crippen molar-refractivity contribution < 1.29 is 10.2 Å². The molecule has 6 nitrogen and oxygen atoms in total. The molecule has 0 fully saturated rings. The first kappa shape index (κ1) is 29.7. The van der Waals surface area contributed by atoms with Gasteiger partial charge in [-0.05, 0) is 66.7 Å². The van der Waals surface area contributed by atoms with Crippen molar-refractivity contribution in [1.29, 1.82) is 0 Å². The molecule has 10 aromatic rings. The highest BCUT2D eigenvalue weighted by molar-refractivity contribution is 6.12. The Kier molecular flexibility index (Phi) is 6.69. The number of benzene rings is 7. The van der Waals surface area contributed by atoms with Gasteiger partial charge in [0.1, 0.15) is 11.5 Å². The third kappa shape index (κ3) is 4.58. The monoisotopic (exact) mass is 670 g/mol. The first-order valence-electron chi connectivity index (χ1n) is 17.2. The lowest BCUT2D eigenvalue weighted by Gasteiger charge is -2.14. The first-order valence-corrected chi connectivity index (χ1v) is 17.2. The highest BCUT2D eigenvalue weighted by atomic mass is 16.3. The second kappa shape index (κ2) is 11.7. The fourth-order valence-corrected chi connectivity index (χ4v) is 7.72. The zero-order valence-corrected chi connectivity index (χ0v) is 27.8. The molecule has 7 aromatic carbocycles. The number of aromatic nitrogens is 3. The molecule has 52 heavy (non-hydrogen) atoms. The van der Waals surface area contributed by atoms with Crippen LogP contribution in [0.3, 0.4) is 0 Å². The summed E-state index contributed by atoms with van der Waals surface area (Å²) in [7, 11) is 0. The number of aliphatic imine (C=N–C) groups is 1. The number of hydrogen-bond donors (Lipinski definition) is 2. The second-order valence-electron chi connectivity index (χ2n) is 13.0. The number of rotatable bonds is 5. The van der Waals surface area contributed by atoms with Crippen LogP contribution in [0.15, 0.2) is 169 Å². The fourth-order valence-electron chi connectivity index (χ4n) is 7.72. The molecule has 0 saturated carbocycles. The summed E-state index contributed by atoms with van der Waals surface area (Å²) < 4.78 is 4.43. The van der Waals surface area contributed by atoms with E-state index in [1.807, 2.05) is 66.7 Å². The van der Waals surface area contributed by atoms with Crippen LogP contribution in [0.5, 0.6) is 11.5 Å². The first-order chi connectivity index (χ1) is 25.6. The molecule has 3 heterocycles. The average Bonchev–Trinajstić information content (AvgIpc) is 3.70. The Bertz CT molecular complexity index is 2950. The molecular weight excluding hydrogens is 641 g/mol. The van der Waals surface area contributed by atoms with Gasteiger partial charge < -0.3 is 19.3 Å². The van der Waals surface area contributed by atoms with Crippen LogP contribution >= 0.6 is 0 Å². The van der Waals surface area contributed by atoms with Gasteiger partial charge in [0.15, 0.2) is 0 Å². The van der Waals surface area contributed by atoms with Crippen LogP contribution in [0.4, 0.5) is 5.69 Å². The number of pyridine rings is 1. The van der Waals surface area contributed by atoms with Gasteiger partial charge in [-0.2, -0.15) is 0 Å². The summed E-state index contributed by atoms with van der Waals surface area (Å²) in [4.78, 5) is 9.71. The van der Waals surface area contributed by atoms with Crippen LogP contribution < -0.4 is 0 Å². The number of aromatic hydroxyl groups is 2. The lowest BCUT2D eigenvalue weighted by atomic mass is 10.1. The summed E-state index contributed by atoms with van der Waals surface area (Å²) in [6.45, 7) is 0. The Hall–Kier alpha value is -7.18. The van der Waals surface area contributed by atoms with E-state index in [9.17, 15) is 10.2 Å². The summed E-state index contributed by atoms with van der Waals surface area (Å²) >= 11 is 0. The number of hydrogen-bond acceptors (Lipinski definition) is 4. The molecule has 246 valence electrons. The van der Waals surface area contributed by atoms with Gasteiger partial charge in [0.25, 0.3) is 0 Å². The summed E-state index contributed by atoms with van der Waals surface area (Å²) in [5, 5.41) is 28.8. The highest BCUT2D eigenvalue weighted by Crippen LogP contribution is 2.41. The van der Waals surface area contributed by atoms with E-state index >= 15 is 0 Å². The summed E-state index contributed by atoms with van der Waals surface area (Å²) in [6.07, 6.45) is 1.70. The van der Waals surface area contributed by atoms with Gasteiger partial charge in [-0.15, -0.1) is 0 Å². The van der Waals surface area contributed by atoms with Gasteiger partial charge in [0.2, 0.25) is 0 Å². The van der Waals surface area contributed by atoms with Gasteiger partial charge in [0, 0.05) is 44.2 Å². The molecule has 0 saturated heterocycles. The number of phenols is 2. The summed E-state index contributed by atoms with van der Waals surface area (Å²) in [6, 6.07) is 54.4. The summed E-state index contributed by atoms with van der Waals surface area (Å²) in [5.41, 5.74) is 8.68. The number of phenolic OH excluding ortho intramolecular Hbond substituents is 2. The van der Waals surface area contributed by atoms with E-state index in [1.165, 1.54) is 10.8 Å². The van der Waals surface area contributed by atoms with Crippen molar-refractivity contribution in [1.82, 2.24) is 14.1 Å². The van der Waals surface area contributed by atoms with Crippen LogP contribution in [0.1, 0.15) is 5.69 Å². The Morgan fingerprint density at radius 2 is 1.04 bits per heavy atom. The Balaban J connectivity index is 1.03. The van der Waals surface area contributed by atoms with E-state index in [1.54, 1.807) is 18.3 Å². The lowest BCUT2D eigenvalue weighted by molar-refractivity contribution is 0.477. The quantitative estimate of drug-likeness (QED) is 0.179. The molecule has 0 amide bonds. The fraction of sp³-hybridized carbons (Fsp3) is 0. The molecule has 3 aromatic heterocycles. The molecule has 0 aliphatic heterocycles. The molecule has 0 aliphatic carbocycles. The molecule has 2 N–H and O–H groups in total. The van der Waals surface area contributed by atoms with Crippen LogP contribution in [0, 0.1) is 0 Å². The Labute approximate surface area is 298 Å². The van der Waals surface area contributed by atoms with Gasteiger partial charge in [-0.3, -0.25) is 4.99 Å². The minimum Gasteiger partial charge on any atom is -0.507 e. The second-order valence-corrected chi connectivity index (χ2v) is 13.0. The topological polar surface area (TPSA) is 75.6 Å². The molecule has 10 rings (SSSR count). The van der Waals surface area contributed by atoms with Gasteiger partial charge in [-0.25, -0.2) is 4.98 Å². The van der Waals surface area contributed by atoms with Crippen molar-refractivity contribution in [2.75, 3.05) is 0 Å². The number of para-hydroxylation sites is 4. The average molecular weight is 671 g/mol. The third-order valence-corrected chi connectivity index (χ3v) is 10.00. The van der Waals surface area contributed by atoms with E-state index in [0.717, 1.165) is 49.6 Å². The van der Waals surface area contributed by atoms with Crippen molar-refractivity contribution in [3.8, 4) is 34.1 Å². The zero-order valence-electron chi connectivity index (χ0n) is 27.8. The van der Waals surface area contributed by atoms with Gasteiger partial charge in [-0.1, -0.05) is 91.0 Å². The van der Waals surface area contributed by atoms with Crippen LogP contribution in [-0.4, -0.2) is 30.5 Å². The minimum absolute atomic E-state index is 0.137. The smallest absolute Gasteiger partial charge is 0.127 e. The highest BCUT2D eigenvalue weighted by Gasteiger charge is 2.17. The predicted octanol–water partition coefficient (Wildman–Crippen LogP) is 11.3. The number of fused-ring (bicyclic) bond motifs is 7. The maximum absolute atomic E-state index is 11.4. The summed E-state index contributed by atoms with van der Waals surface area (Å²) in [5.74, 6) is 0.291. The molecular formula is C46H30N4O2. The third-order valence-electron chi connectivity index (χ3n) is 10.00. The SMILES string of the molecule is Oc1cc(-n2c3ccccc3c3ccccc32)ccc1-c1cccc(C=Nc2cccc3c(-n4c5ccccc5c5ccccc54)ccc(O)c23)n1. The minimum atomic E-state index is 0.137. The van der Waals surface area contributed by atoms with Crippen molar-refractivity contribution in [3.05, 3.63) is 169 Å². The lowest BCUT2D eigenvalue weighted by Crippen LogP contribution is -1.96. The van der Waals surface area contributed by atoms with Crippen molar-refractivity contribution in [2.45, 2.75) is 0 Å². The van der Waals surface area contributed by atoms with E-state index < -0.39 is 0 Å². The molecule has 6 heteroatoms. The van der Waals surface area contributed by atoms with Crippen molar-refractivity contribution >= 4 is 66.3 Å². The van der Waals surface area contributed by atoms with E-state index in [0.29, 0.717) is 28.0 Å². The van der Waals surface area contributed by atoms with E-state index in [4.69, 9.17) is 9.98 Å². The van der Waals surface area contributed by atoms with Crippen LogP contribution in [0.2, 0.25) is 0 Å². The normalized spacial score (nSPS) is 11.9. The Morgan fingerprint density at radius 1 is 0.481 bits per heavy atom. The molecule has 0 bridgehead atoms. The van der Waals surface area contributed by atoms with Crippen LogP contribution in [0.25, 0.3) is 77.0 Å². The molecule has 0 spiro atoms. The Morgan fingerprint density at radius 3 is 1.65 bits per heavy atom. The van der Waals surface area contributed by atoms with Gasteiger partial charge in [0.05, 0.1) is 56.4 Å². The largest absolute Gasteiger partial charge is 0.507 e.